The summed E-state index contributed by atoms with van der Waals surface area (Å²) in [6, 6.07) is 8.23. The first-order valence-electron chi connectivity index (χ1n) is 7.11. The number of benzene rings is 1. The molecule has 0 heterocycles. The molecule has 0 radical (unpaired) electrons. The Balaban J connectivity index is 2.60. The van der Waals surface area contributed by atoms with E-state index in [4.69, 9.17) is 10.5 Å². The van der Waals surface area contributed by atoms with E-state index in [1.54, 1.807) is 0 Å². The molecule has 112 valence electrons. The Kier molecular flexibility index (Phi) is 6.02. The number of alkyl carbamates (subject to hydrolysis) is 1. The Hall–Kier alpha value is -1.55. The highest BCUT2D eigenvalue weighted by molar-refractivity contribution is 5.68. The van der Waals surface area contributed by atoms with E-state index >= 15 is 0 Å². The molecule has 0 aliphatic rings. The molecule has 1 amide bonds. The van der Waals surface area contributed by atoms with Gasteiger partial charge in [-0.3, -0.25) is 0 Å². The highest BCUT2D eigenvalue weighted by atomic mass is 16.6. The van der Waals surface area contributed by atoms with Crippen molar-refractivity contribution in [3.63, 3.8) is 0 Å². The molecule has 4 heteroatoms. The minimum absolute atomic E-state index is 0.114. The molecule has 0 bridgehead atoms. The van der Waals surface area contributed by atoms with Crippen LogP contribution in [0.25, 0.3) is 0 Å². The summed E-state index contributed by atoms with van der Waals surface area (Å²) in [5.41, 5.74) is 7.70. The Morgan fingerprint density at radius 2 is 2.00 bits per heavy atom. The van der Waals surface area contributed by atoms with E-state index in [-0.39, 0.29) is 6.04 Å². The molecule has 1 aromatic carbocycles. The molecule has 0 aliphatic carbocycles. The number of nitrogens with two attached hydrogens (primary N) is 1. The van der Waals surface area contributed by atoms with Crippen LogP contribution in [0.1, 0.15) is 38.8 Å². The molecule has 1 rings (SSSR count). The maximum Gasteiger partial charge on any atom is 0.407 e. The predicted octanol–water partition coefficient (Wildman–Crippen LogP) is 2.64. The van der Waals surface area contributed by atoms with Gasteiger partial charge in [-0.15, -0.1) is 0 Å². The number of amides is 1. The van der Waals surface area contributed by atoms with Crippen LogP contribution in [-0.2, 0) is 17.6 Å². The van der Waals surface area contributed by atoms with Gasteiger partial charge in [-0.25, -0.2) is 4.79 Å². The lowest BCUT2D eigenvalue weighted by molar-refractivity contribution is 0.0506. The van der Waals surface area contributed by atoms with Gasteiger partial charge in [-0.2, -0.15) is 0 Å². The fraction of sp³-hybridized carbons (Fsp3) is 0.562. The van der Waals surface area contributed by atoms with Crippen molar-refractivity contribution in [1.82, 2.24) is 5.32 Å². The minimum Gasteiger partial charge on any atom is -0.444 e. The fourth-order valence-electron chi connectivity index (χ4n) is 1.93. The minimum atomic E-state index is -0.495. The van der Waals surface area contributed by atoms with Gasteiger partial charge < -0.3 is 15.8 Å². The van der Waals surface area contributed by atoms with E-state index in [1.165, 1.54) is 11.1 Å². The van der Waals surface area contributed by atoms with Gasteiger partial charge in [0, 0.05) is 12.6 Å². The van der Waals surface area contributed by atoms with Gasteiger partial charge in [0.05, 0.1) is 0 Å². The van der Waals surface area contributed by atoms with Gasteiger partial charge in [0.15, 0.2) is 0 Å². The van der Waals surface area contributed by atoms with E-state index in [1.807, 2.05) is 26.8 Å². The normalized spacial score (nSPS) is 12.8. The molecule has 1 unspecified atom stereocenters. The Morgan fingerprint density at radius 3 is 2.55 bits per heavy atom. The van der Waals surface area contributed by atoms with Crippen LogP contribution >= 0.6 is 0 Å². The third-order valence-electron chi connectivity index (χ3n) is 2.89. The third kappa shape index (κ3) is 6.06. The smallest absolute Gasteiger partial charge is 0.407 e. The first-order valence-corrected chi connectivity index (χ1v) is 7.11. The molecule has 0 saturated heterocycles. The van der Waals surface area contributed by atoms with Crippen molar-refractivity contribution < 1.29 is 9.53 Å². The van der Waals surface area contributed by atoms with E-state index in [2.05, 4.69) is 30.4 Å². The van der Waals surface area contributed by atoms with Gasteiger partial charge in [-0.05, 0) is 44.7 Å². The van der Waals surface area contributed by atoms with Crippen LogP contribution in [0.2, 0.25) is 0 Å². The SMILES string of the molecule is CCc1cccc(CC(CN)NC(=O)OC(C)(C)C)c1. The lowest BCUT2D eigenvalue weighted by Gasteiger charge is -2.23. The van der Waals surface area contributed by atoms with Gasteiger partial charge in [-0.1, -0.05) is 31.2 Å². The number of carbonyl (C=O) groups is 1. The van der Waals surface area contributed by atoms with Crippen LogP contribution in [0.4, 0.5) is 4.79 Å². The molecule has 0 spiro atoms. The summed E-state index contributed by atoms with van der Waals surface area (Å²) in [7, 11) is 0. The second-order valence-electron chi connectivity index (χ2n) is 5.96. The number of carbonyl (C=O) groups excluding carboxylic acids is 1. The summed E-state index contributed by atoms with van der Waals surface area (Å²) in [4.78, 5) is 11.8. The van der Waals surface area contributed by atoms with E-state index in [0.717, 1.165) is 6.42 Å². The quantitative estimate of drug-likeness (QED) is 0.870. The average Bonchev–Trinajstić information content (AvgIpc) is 2.36. The van der Waals surface area contributed by atoms with Crippen molar-refractivity contribution in [2.45, 2.75) is 52.2 Å². The van der Waals surface area contributed by atoms with Gasteiger partial charge >= 0.3 is 6.09 Å². The number of hydrogen-bond acceptors (Lipinski definition) is 3. The molecule has 0 saturated carbocycles. The van der Waals surface area contributed by atoms with E-state index in [9.17, 15) is 4.79 Å². The standard InChI is InChI=1S/C16H26N2O2/c1-5-12-7-6-8-13(9-12)10-14(11-17)18-15(19)20-16(2,3)4/h6-9,14H,5,10-11,17H2,1-4H3,(H,18,19). The van der Waals surface area contributed by atoms with Crippen molar-refractivity contribution in [3.8, 4) is 0 Å². The Morgan fingerprint density at radius 1 is 1.35 bits per heavy atom. The third-order valence-corrected chi connectivity index (χ3v) is 2.89. The second kappa shape index (κ2) is 7.29. The number of nitrogens with one attached hydrogen (secondary N) is 1. The number of aryl methyl sites for hydroxylation is 1. The van der Waals surface area contributed by atoms with Crippen LogP contribution in [0.5, 0.6) is 0 Å². The summed E-state index contributed by atoms with van der Waals surface area (Å²) in [5.74, 6) is 0. The van der Waals surface area contributed by atoms with Gasteiger partial charge in [0.2, 0.25) is 0 Å². The first-order chi connectivity index (χ1) is 9.34. The molecule has 1 atom stereocenters. The maximum absolute atomic E-state index is 11.8. The summed E-state index contributed by atoms with van der Waals surface area (Å²) in [6.45, 7) is 8.03. The largest absolute Gasteiger partial charge is 0.444 e. The highest BCUT2D eigenvalue weighted by Gasteiger charge is 2.19. The fourth-order valence-corrected chi connectivity index (χ4v) is 1.93. The molecular formula is C16H26N2O2. The lowest BCUT2D eigenvalue weighted by atomic mass is 10.0. The Labute approximate surface area is 121 Å². The zero-order chi connectivity index (χ0) is 15.2. The maximum atomic E-state index is 11.8. The van der Waals surface area contributed by atoms with Crippen LogP contribution in [-0.4, -0.2) is 24.3 Å². The molecule has 4 nitrogen and oxygen atoms in total. The summed E-state index contributed by atoms with van der Waals surface area (Å²) in [6.07, 6.45) is 1.30. The molecular weight excluding hydrogens is 252 g/mol. The van der Waals surface area contributed by atoms with Crippen molar-refractivity contribution >= 4 is 6.09 Å². The monoisotopic (exact) mass is 278 g/mol. The summed E-state index contributed by atoms with van der Waals surface area (Å²) < 4.78 is 5.25. The number of hydrogen-bond donors (Lipinski definition) is 2. The topological polar surface area (TPSA) is 64.3 Å². The van der Waals surface area contributed by atoms with Crippen molar-refractivity contribution in [3.05, 3.63) is 35.4 Å². The van der Waals surface area contributed by atoms with Gasteiger partial charge in [0.1, 0.15) is 5.60 Å². The molecule has 0 aromatic heterocycles. The van der Waals surface area contributed by atoms with Crippen LogP contribution in [0, 0.1) is 0 Å². The van der Waals surface area contributed by atoms with Gasteiger partial charge in [0.25, 0.3) is 0 Å². The Bertz CT molecular complexity index is 438. The lowest BCUT2D eigenvalue weighted by Crippen LogP contribution is -2.44. The van der Waals surface area contributed by atoms with Crippen LogP contribution < -0.4 is 11.1 Å². The molecule has 0 aliphatic heterocycles. The number of rotatable bonds is 5. The molecule has 1 aromatic rings. The van der Waals surface area contributed by atoms with Crippen LogP contribution in [0.3, 0.4) is 0 Å². The summed E-state index contributed by atoms with van der Waals surface area (Å²) >= 11 is 0. The van der Waals surface area contributed by atoms with Crippen molar-refractivity contribution in [1.29, 1.82) is 0 Å². The van der Waals surface area contributed by atoms with Crippen LogP contribution in [0.15, 0.2) is 24.3 Å². The van der Waals surface area contributed by atoms with Crippen molar-refractivity contribution in [2.24, 2.45) is 5.73 Å². The predicted molar refractivity (Wildman–Crippen MR) is 81.7 cm³/mol. The summed E-state index contributed by atoms with van der Waals surface area (Å²) in [5, 5.41) is 2.82. The molecule has 20 heavy (non-hydrogen) atoms. The van der Waals surface area contributed by atoms with Crippen molar-refractivity contribution in [2.75, 3.05) is 6.54 Å². The molecule has 3 N–H and O–H groups in total. The zero-order valence-corrected chi connectivity index (χ0v) is 12.9. The average molecular weight is 278 g/mol. The zero-order valence-electron chi connectivity index (χ0n) is 12.9. The van der Waals surface area contributed by atoms with E-state index in [0.29, 0.717) is 13.0 Å². The highest BCUT2D eigenvalue weighted by Crippen LogP contribution is 2.10. The number of ether oxygens (including phenoxy) is 1. The first kappa shape index (κ1) is 16.5. The second-order valence-corrected chi connectivity index (χ2v) is 5.96. The molecule has 0 fully saturated rings. The van der Waals surface area contributed by atoms with E-state index < -0.39 is 11.7 Å².